The molecule has 0 heterocycles. The standard InChI is InChI=1S/C14H22N2O/c1-4-5-6-15-10-14(17)16-13-8-11(2)7-12(3)9-13/h7-9,15H,4-6,10H2,1-3H3,(H,16,17). The summed E-state index contributed by atoms with van der Waals surface area (Å²) >= 11 is 0. The average molecular weight is 234 g/mol. The van der Waals surface area contributed by atoms with Crippen molar-refractivity contribution in [2.75, 3.05) is 18.4 Å². The highest BCUT2D eigenvalue weighted by molar-refractivity contribution is 5.92. The Bertz CT molecular complexity index is 354. The van der Waals surface area contributed by atoms with Crippen LogP contribution in [0.25, 0.3) is 0 Å². The van der Waals surface area contributed by atoms with E-state index in [0.717, 1.165) is 25.1 Å². The molecule has 0 aliphatic heterocycles. The van der Waals surface area contributed by atoms with E-state index in [1.807, 2.05) is 26.0 Å². The van der Waals surface area contributed by atoms with Gasteiger partial charge in [0.1, 0.15) is 0 Å². The van der Waals surface area contributed by atoms with E-state index in [2.05, 4.69) is 23.6 Å². The molecule has 1 aromatic rings. The molecule has 0 unspecified atom stereocenters. The third-order valence-electron chi connectivity index (χ3n) is 2.50. The van der Waals surface area contributed by atoms with E-state index in [1.54, 1.807) is 0 Å². The third kappa shape index (κ3) is 5.50. The Morgan fingerprint density at radius 2 is 1.82 bits per heavy atom. The number of carbonyl (C=O) groups is 1. The number of carbonyl (C=O) groups excluding carboxylic acids is 1. The van der Waals surface area contributed by atoms with Crippen LogP contribution in [0.2, 0.25) is 0 Å². The van der Waals surface area contributed by atoms with Gasteiger partial charge in [0.05, 0.1) is 6.54 Å². The Balaban J connectivity index is 2.39. The maximum Gasteiger partial charge on any atom is 0.238 e. The lowest BCUT2D eigenvalue weighted by atomic mass is 10.1. The lowest BCUT2D eigenvalue weighted by Crippen LogP contribution is -2.28. The van der Waals surface area contributed by atoms with Crippen LogP contribution in [0.4, 0.5) is 5.69 Å². The van der Waals surface area contributed by atoms with E-state index in [4.69, 9.17) is 0 Å². The fraction of sp³-hybridized carbons (Fsp3) is 0.500. The number of unbranched alkanes of at least 4 members (excludes halogenated alkanes) is 1. The van der Waals surface area contributed by atoms with E-state index in [1.165, 1.54) is 11.1 Å². The van der Waals surface area contributed by atoms with E-state index in [0.29, 0.717) is 6.54 Å². The number of nitrogens with one attached hydrogen (secondary N) is 2. The minimum Gasteiger partial charge on any atom is -0.325 e. The third-order valence-corrected chi connectivity index (χ3v) is 2.50. The summed E-state index contributed by atoms with van der Waals surface area (Å²) in [5, 5.41) is 6.02. The largest absolute Gasteiger partial charge is 0.325 e. The number of benzene rings is 1. The van der Waals surface area contributed by atoms with Gasteiger partial charge in [-0.2, -0.15) is 0 Å². The quantitative estimate of drug-likeness (QED) is 0.743. The second kappa shape index (κ2) is 7.07. The van der Waals surface area contributed by atoms with Crippen LogP contribution in [0.15, 0.2) is 18.2 Å². The molecule has 94 valence electrons. The van der Waals surface area contributed by atoms with E-state index in [-0.39, 0.29) is 5.91 Å². The zero-order chi connectivity index (χ0) is 12.7. The topological polar surface area (TPSA) is 41.1 Å². The first-order valence-electron chi connectivity index (χ1n) is 6.20. The van der Waals surface area contributed by atoms with Crippen molar-refractivity contribution in [3.8, 4) is 0 Å². The first-order chi connectivity index (χ1) is 8.11. The molecule has 0 aromatic heterocycles. The van der Waals surface area contributed by atoms with Gasteiger partial charge in [0.15, 0.2) is 0 Å². The van der Waals surface area contributed by atoms with Crippen LogP contribution >= 0.6 is 0 Å². The molecule has 0 spiro atoms. The van der Waals surface area contributed by atoms with Crippen molar-refractivity contribution in [2.45, 2.75) is 33.6 Å². The molecule has 0 bridgehead atoms. The number of amides is 1. The minimum absolute atomic E-state index is 0.0195. The molecule has 2 N–H and O–H groups in total. The van der Waals surface area contributed by atoms with Gasteiger partial charge >= 0.3 is 0 Å². The van der Waals surface area contributed by atoms with Gasteiger partial charge in [-0.05, 0) is 50.1 Å². The summed E-state index contributed by atoms with van der Waals surface area (Å²) in [6.45, 7) is 7.48. The Morgan fingerprint density at radius 3 is 2.41 bits per heavy atom. The molecule has 0 aliphatic carbocycles. The Hall–Kier alpha value is -1.35. The van der Waals surface area contributed by atoms with Crippen molar-refractivity contribution in [3.63, 3.8) is 0 Å². The van der Waals surface area contributed by atoms with Crippen molar-refractivity contribution in [1.29, 1.82) is 0 Å². The van der Waals surface area contributed by atoms with Crippen molar-refractivity contribution in [1.82, 2.24) is 5.32 Å². The molecule has 1 aromatic carbocycles. The van der Waals surface area contributed by atoms with Gasteiger partial charge in [-0.1, -0.05) is 19.4 Å². The lowest BCUT2D eigenvalue weighted by molar-refractivity contribution is -0.115. The smallest absolute Gasteiger partial charge is 0.238 e. The van der Waals surface area contributed by atoms with Gasteiger partial charge in [0.25, 0.3) is 0 Å². The summed E-state index contributed by atoms with van der Waals surface area (Å²) in [6.07, 6.45) is 2.25. The van der Waals surface area contributed by atoms with Gasteiger partial charge in [-0.25, -0.2) is 0 Å². The van der Waals surface area contributed by atoms with Crippen LogP contribution in [-0.2, 0) is 4.79 Å². The SMILES string of the molecule is CCCCNCC(=O)Nc1cc(C)cc(C)c1. The average Bonchev–Trinajstić information content (AvgIpc) is 2.23. The predicted octanol–water partition coefficient (Wildman–Crippen LogP) is 2.63. The monoisotopic (exact) mass is 234 g/mol. The van der Waals surface area contributed by atoms with Crippen LogP contribution in [-0.4, -0.2) is 19.0 Å². The summed E-state index contributed by atoms with van der Waals surface area (Å²) in [5.41, 5.74) is 3.21. The number of hydrogen-bond acceptors (Lipinski definition) is 2. The molecule has 0 saturated heterocycles. The molecule has 0 aliphatic rings. The summed E-state index contributed by atoms with van der Waals surface area (Å²) < 4.78 is 0. The molecule has 3 nitrogen and oxygen atoms in total. The fourth-order valence-electron chi connectivity index (χ4n) is 1.76. The van der Waals surface area contributed by atoms with Gasteiger partial charge in [-0.15, -0.1) is 0 Å². The molecule has 0 atom stereocenters. The normalized spacial score (nSPS) is 10.3. The second-order valence-corrected chi connectivity index (χ2v) is 4.45. The zero-order valence-electron chi connectivity index (χ0n) is 11.0. The van der Waals surface area contributed by atoms with Gasteiger partial charge < -0.3 is 10.6 Å². The number of aryl methyl sites for hydroxylation is 2. The highest BCUT2D eigenvalue weighted by atomic mass is 16.1. The molecular weight excluding hydrogens is 212 g/mol. The highest BCUT2D eigenvalue weighted by Gasteiger charge is 2.02. The van der Waals surface area contributed by atoms with Gasteiger partial charge in [0, 0.05) is 5.69 Å². The molecule has 0 fully saturated rings. The second-order valence-electron chi connectivity index (χ2n) is 4.45. The van der Waals surface area contributed by atoms with Crippen LogP contribution in [0.1, 0.15) is 30.9 Å². The van der Waals surface area contributed by atoms with Crippen LogP contribution in [0.3, 0.4) is 0 Å². The minimum atomic E-state index is 0.0195. The Labute approximate surface area is 104 Å². The van der Waals surface area contributed by atoms with Crippen molar-refractivity contribution < 1.29 is 4.79 Å². The number of hydrogen-bond donors (Lipinski definition) is 2. The first-order valence-corrected chi connectivity index (χ1v) is 6.20. The van der Waals surface area contributed by atoms with Gasteiger partial charge in [0.2, 0.25) is 5.91 Å². The lowest BCUT2D eigenvalue weighted by Gasteiger charge is -2.08. The highest BCUT2D eigenvalue weighted by Crippen LogP contribution is 2.13. The predicted molar refractivity (Wildman–Crippen MR) is 72.3 cm³/mol. The summed E-state index contributed by atoms with van der Waals surface area (Å²) in [5.74, 6) is 0.0195. The zero-order valence-corrected chi connectivity index (χ0v) is 11.0. The molecule has 1 rings (SSSR count). The Kier molecular flexibility index (Phi) is 5.70. The van der Waals surface area contributed by atoms with Crippen LogP contribution < -0.4 is 10.6 Å². The molecule has 17 heavy (non-hydrogen) atoms. The van der Waals surface area contributed by atoms with E-state index < -0.39 is 0 Å². The Morgan fingerprint density at radius 1 is 1.18 bits per heavy atom. The fourth-order valence-corrected chi connectivity index (χ4v) is 1.76. The first kappa shape index (κ1) is 13.7. The molecule has 3 heteroatoms. The summed E-state index contributed by atoms with van der Waals surface area (Å²) in [7, 11) is 0. The maximum atomic E-state index is 11.6. The van der Waals surface area contributed by atoms with Crippen molar-refractivity contribution in [3.05, 3.63) is 29.3 Å². The van der Waals surface area contributed by atoms with Crippen molar-refractivity contribution in [2.24, 2.45) is 0 Å². The summed E-state index contributed by atoms with van der Waals surface area (Å²) in [6, 6.07) is 6.06. The summed E-state index contributed by atoms with van der Waals surface area (Å²) in [4.78, 5) is 11.6. The molecule has 0 saturated carbocycles. The maximum absolute atomic E-state index is 11.6. The molecular formula is C14H22N2O. The van der Waals surface area contributed by atoms with E-state index >= 15 is 0 Å². The molecule has 1 amide bonds. The number of rotatable bonds is 6. The van der Waals surface area contributed by atoms with Crippen LogP contribution in [0.5, 0.6) is 0 Å². The van der Waals surface area contributed by atoms with Gasteiger partial charge in [-0.3, -0.25) is 4.79 Å². The van der Waals surface area contributed by atoms with Crippen LogP contribution in [0, 0.1) is 13.8 Å². The molecule has 0 radical (unpaired) electrons. The van der Waals surface area contributed by atoms with Crippen molar-refractivity contribution >= 4 is 11.6 Å². The number of anilines is 1. The van der Waals surface area contributed by atoms with E-state index in [9.17, 15) is 4.79 Å².